The molecule has 7 nitrogen and oxygen atoms in total. The van der Waals surface area contributed by atoms with E-state index < -0.39 is 12.1 Å². The van der Waals surface area contributed by atoms with Gasteiger partial charge in [0.25, 0.3) is 0 Å². The molecule has 3 fully saturated rings. The van der Waals surface area contributed by atoms with E-state index in [-0.39, 0.29) is 35.8 Å². The van der Waals surface area contributed by atoms with Crippen molar-refractivity contribution in [1.29, 1.82) is 5.26 Å². The first-order valence-corrected chi connectivity index (χ1v) is 12.2. The number of nitrogens with zero attached hydrogens (tertiary/aromatic N) is 4. The fourth-order valence-corrected chi connectivity index (χ4v) is 5.85. The fourth-order valence-electron chi connectivity index (χ4n) is 5.85. The Bertz CT molecular complexity index is 1100. The number of carbonyl (C=O) groups is 2. The first kappa shape index (κ1) is 23.5. The van der Waals surface area contributed by atoms with E-state index in [1.807, 2.05) is 41.0 Å². The van der Waals surface area contributed by atoms with E-state index in [2.05, 4.69) is 6.07 Å². The molecule has 0 aliphatic carbocycles. The number of nitriles is 1. The maximum atomic E-state index is 13.7. The van der Waals surface area contributed by atoms with E-state index in [4.69, 9.17) is 5.73 Å². The summed E-state index contributed by atoms with van der Waals surface area (Å²) in [5.74, 6) is -0.524. The lowest BCUT2D eigenvalue weighted by Crippen LogP contribution is -2.57. The van der Waals surface area contributed by atoms with Crippen molar-refractivity contribution in [2.75, 3.05) is 19.6 Å². The minimum Gasteiger partial charge on any atom is -0.326 e. The number of fused-ring (bicyclic) bond motifs is 2. The second-order valence-corrected chi connectivity index (χ2v) is 9.89. The van der Waals surface area contributed by atoms with Crippen molar-refractivity contribution in [2.45, 2.75) is 56.4 Å². The van der Waals surface area contributed by atoms with Crippen LogP contribution in [0.2, 0.25) is 0 Å². The molecule has 3 saturated heterocycles. The molecule has 0 radical (unpaired) electrons. The number of likely N-dealkylation sites (tertiary alicyclic amines) is 3. The monoisotopic (exact) mass is 475 g/mol. The van der Waals surface area contributed by atoms with Crippen molar-refractivity contribution >= 4 is 11.8 Å². The van der Waals surface area contributed by atoms with Crippen LogP contribution in [0.25, 0.3) is 0 Å². The van der Waals surface area contributed by atoms with Crippen LogP contribution in [0, 0.1) is 24.1 Å². The number of nitrogens with two attached hydrogens (primary N) is 1. The highest BCUT2D eigenvalue weighted by atomic mass is 19.1. The molecule has 35 heavy (non-hydrogen) atoms. The van der Waals surface area contributed by atoms with Gasteiger partial charge in [-0.2, -0.15) is 5.26 Å². The zero-order chi connectivity index (χ0) is 24.7. The van der Waals surface area contributed by atoms with Crippen molar-refractivity contribution in [3.05, 3.63) is 71.0 Å². The van der Waals surface area contributed by atoms with Crippen molar-refractivity contribution in [3.63, 3.8) is 0 Å². The molecule has 2 aromatic rings. The Kier molecular flexibility index (Phi) is 6.30. The van der Waals surface area contributed by atoms with E-state index >= 15 is 0 Å². The number of benzene rings is 2. The predicted molar refractivity (Wildman–Crippen MR) is 128 cm³/mol. The average molecular weight is 476 g/mol. The molecule has 2 aromatic carbocycles. The smallest absolute Gasteiger partial charge is 0.241 e. The number of carbonyl (C=O) groups excluding carboxylic acids is 2. The summed E-state index contributed by atoms with van der Waals surface area (Å²) in [7, 11) is 0. The highest BCUT2D eigenvalue weighted by molar-refractivity contribution is 5.87. The van der Waals surface area contributed by atoms with Crippen LogP contribution >= 0.6 is 0 Å². The summed E-state index contributed by atoms with van der Waals surface area (Å²) in [4.78, 5) is 32.0. The quantitative estimate of drug-likeness (QED) is 0.692. The Balaban J connectivity index is 1.34. The van der Waals surface area contributed by atoms with Gasteiger partial charge in [0.05, 0.1) is 24.2 Å². The van der Waals surface area contributed by atoms with Gasteiger partial charge in [-0.15, -0.1) is 0 Å². The van der Waals surface area contributed by atoms with Gasteiger partial charge in [-0.25, -0.2) is 4.39 Å². The lowest BCUT2D eigenvalue weighted by molar-refractivity contribution is -0.140. The van der Waals surface area contributed by atoms with Gasteiger partial charge < -0.3 is 15.5 Å². The van der Waals surface area contributed by atoms with Crippen LogP contribution in [0.15, 0.2) is 48.5 Å². The molecular weight excluding hydrogens is 445 g/mol. The highest BCUT2D eigenvalue weighted by Crippen LogP contribution is 2.41. The number of amides is 2. The molecular formula is C27H30FN5O2. The van der Waals surface area contributed by atoms with E-state index in [0.717, 1.165) is 23.1 Å². The highest BCUT2D eigenvalue weighted by Gasteiger charge is 2.52. The van der Waals surface area contributed by atoms with E-state index in [1.165, 1.54) is 12.1 Å². The lowest BCUT2D eigenvalue weighted by atomic mass is 9.95. The molecule has 3 aliphatic heterocycles. The minimum absolute atomic E-state index is 0.00636. The number of halogens is 1. The number of aryl methyl sites for hydroxylation is 1. The van der Waals surface area contributed by atoms with Crippen molar-refractivity contribution < 1.29 is 14.0 Å². The Morgan fingerprint density at radius 3 is 2.46 bits per heavy atom. The van der Waals surface area contributed by atoms with Gasteiger partial charge in [0.2, 0.25) is 11.8 Å². The Labute approximate surface area is 204 Å². The maximum Gasteiger partial charge on any atom is 0.241 e. The van der Waals surface area contributed by atoms with Crippen LogP contribution in [0.5, 0.6) is 0 Å². The topological polar surface area (TPSA) is 93.7 Å². The largest absolute Gasteiger partial charge is 0.326 e. The summed E-state index contributed by atoms with van der Waals surface area (Å²) in [6.07, 6.45) is 2.16. The van der Waals surface area contributed by atoms with Crippen molar-refractivity contribution in [1.82, 2.24) is 14.7 Å². The van der Waals surface area contributed by atoms with Crippen LogP contribution in [-0.4, -0.2) is 70.3 Å². The summed E-state index contributed by atoms with van der Waals surface area (Å²) in [5.41, 5.74) is 9.25. The van der Waals surface area contributed by atoms with Crippen LogP contribution in [0.1, 0.15) is 42.0 Å². The molecule has 5 atom stereocenters. The summed E-state index contributed by atoms with van der Waals surface area (Å²) in [6.45, 7) is 3.49. The van der Waals surface area contributed by atoms with Gasteiger partial charge in [0, 0.05) is 25.7 Å². The van der Waals surface area contributed by atoms with Gasteiger partial charge in [0.15, 0.2) is 0 Å². The molecule has 0 spiro atoms. The zero-order valence-electron chi connectivity index (χ0n) is 19.8. The molecule has 8 heteroatoms. The first-order chi connectivity index (χ1) is 16.9. The third-order valence-electron chi connectivity index (χ3n) is 7.60. The Hall–Kier alpha value is -3.28. The molecule has 182 valence electrons. The summed E-state index contributed by atoms with van der Waals surface area (Å²) in [6, 6.07) is 14.8. The number of hydrogen-bond acceptors (Lipinski definition) is 5. The fraction of sp³-hybridized carbons (Fsp3) is 0.444. The first-order valence-electron chi connectivity index (χ1n) is 12.2. The molecule has 2 unspecified atom stereocenters. The lowest BCUT2D eigenvalue weighted by Gasteiger charge is -2.40. The summed E-state index contributed by atoms with van der Waals surface area (Å²) < 4.78 is 13.7. The molecule has 5 rings (SSSR count). The number of piperazine rings is 1. The molecule has 2 amide bonds. The second kappa shape index (κ2) is 9.40. The number of rotatable bonds is 6. The van der Waals surface area contributed by atoms with Crippen molar-refractivity contribution in [2.24, 2.45) is 5.73 Å². The van der Waals surface area contributed by atoms with Gasteiger partial charge in [-0.05, 0) is 49.4 Å². The van der Waals surface area contributed by atoms with Crippen LogP contribution < -0.4 is 5.73 Å². The van der Waals surface area contributed by atoms with E-state index in [9.17, 15) is 19.2 Å². The maximum absolute atomic E-state index is 13.7. The normalized spacial score (nSPS) is 25.7. The average Bonchev–Trinajstić information content (AvgIpc) is 3.57. The third-order valence-corrected chi connectivity index (χ3v) is 7.60. The van der Waals surface area contributed by atoms with E-state index in [1.54, 1.807) is 17.0 Å². The molecule has 3 heterocycles. The third kappa shape index (κ3) is 4.30. The van der Waals surface area contributed by atoms with Crippen LogP contribution in [0.3, 0.4) is 0 Å². The minimum atomic E-state index is -0.769. The zero-order valence-corrected chi connectivity index (χ0v) is 19.8. The molecule has 2 N–H and O–H groups in total. The summed E-state index contributed by atoms with van der Waals surface area (Å²) >= 11 is 0. The molecule has 0 saturated carbocycles. The Morgan fingerprint density at radius 1 is 1.17 bits per heavy atom. The van der Waals surface area contributed by atoms with Gasteiger partial charge in [-0.3, -0.25) is 14.5 Å². The number of hydrogen-bond donors (Lipinski definition) is 1. The second-order valence-electron chi connectivity index (χ2n) is 9.89. The van der Waals surface area contributed by atoms with Crippen LogP contribution in [-0.2, 0) is 9.59 Å². The van der Waals surface area contributed by atoms with Crippen LogP contribution in [0.4, 0.5) is 4.39 Å². The van der Waals surface area contributed by atoms with Gasteiger partial charge in [0.1, 0.15) is 11.9 Å². The predicted octanol–water partition coefficient (Wildman–Crippen LogP) is 2.35. The molecule has 2 bridgehead atoms. The van der Waals surface area contributed by atoms with Gasteiger partial charge >= 0.3 is 0 Å². The molecule has 3 aliphatic rings. The summed E-state index contributed by atoms with van der Waals surface area (Å²) in [5, 5.41) is 9.31. The van der Waals surface area contributed by atoms with Crippen molar-refractivity contribution in [3.8, 4) is 6.07 Å². The standard InChI is InChI=1S/C27H30FN5O2/c1-17-4-6-18(7-5-17)25(19-8-10-20(28)11-9-19)33-22-13-24(27(33)35)31(15-22)16-23(30)26(34)32-12-2-3-21(32)14-29/h4-11,21-25H,2-3,12-13,15-16,30H2,1H3/t21-,22-,23-,24?,25?/m0/s1. The Morgan fingerprint density at radius 2 is 1.83 bits per heavy atom. The van der Waals surface area contributed by atoms with E-state index in [0.29, 0.717) is 32.5 Å². The molecule has 0 aromatic heterocycles. The van der Waals surface area contributed by atoms with Gasteiger partial charge in [-0.1, -0.05) is 42.0 Å². The SMILES string of the molecule is Cc1ccc(C(c2ccc(F)cc2)N2C(=O)C3C[C@H]2CN3C[C@H](N)C(=O)N2CCC[C@H]2C#N)cc1.